The smallest absolute Gasteiger partial charge is 0.338 e. The lowest BCUT2D eigenvalue weighted by Crippen LogP contribution is -2.60. The standard InChI is InChI=1S/C28H28O10/c29-14-23-24(32)25(33)26(34)28(38-23)37-22-11-10-19(30)12-18(22)15-36-27(35)20-9-5-4-8-17(20)13-21(31)16-6-2-1-3-7-16/h1-12,23-26,28-30,32-34H,13-15H2/t23-,24-,25+,26-,28-/m0/s1. The summed E-state index contributed by atoms with van der Waals surface area (Å²) in [6.45, 7) is -0.974. The molecular weight excluding hydrogens is 496 g/mol. The van der Waals surface area contributed by atoms with Crippen molar-refractivity contribution in [1.82, 2.24) is 0 Å². The van der Waals surface area contributed by atoms with Crippen LogP contribution in [0.5, 0.6) is 11.5 Å². The highest BCUT2D eigenvalue weighted by atomic mass is 16.7. The summed E-state index contributed by atoms with van der Waals surface area (Å²) in [5.41, 5.74) is 1.42. The van der Waals surface area contributed by atoms with Crippen molar-refractivity contribution in [2.75, 3.05) is 6.61 Å². The molecule has 38 heavy (non-hydrogen) atoms. The highest BCUT2D eigenvalue weighted by molar-refractivity contribution is 6.00. The molecule has 0 saturated carbocycles. The van der Waals surface area contributed by atoms with E-state index >= 15 is 0 Å². The second-order valence-corrected chi connectivity index (χ2v) is 8.81. The average Bonchev–Trinajstić information content (AvgIpc) is 2.93. The van der Waals surface area contributed by atoms with Crippen molar-refractivity contribution in [1.29, 1.82) is 0 Å². The van der Waals surface area contributed by atoms with E-state index in [9.17, 15) is 35.1 Å². The molecule has 0 spiro atoms. The summed E-state index contributed by atoms with van der Waals surface area (Å²) in [6, 6.07) is 19.2. The summed E-state index contributed by atoms with van der Waals surface area (Å²) >= 11 is 0. The van der Waals surface area contributed by atoms with E-state index in [-0.39, 0.29) is 41.4 Å². The lowest BCUT2D eigenvalue weighted by Gasteiger charge is -2.39. The quantitative estimate of drug-likeness (QED) is 0.204. The molecule has 5 atom stereocenters. The van der Waals surface area contributed by atoms with Crippen LogP contribution in [0.2, 0.25) is 0 Å². The van der Waals surface area contributed by atoms with Gasteiger partial charge in [-0.25, -0.2) is 4.79 Å². The number of aliphatic hydroxyl groups excluding tert-OH is 4. The highest BCUT2D eigenvalue weighted by Gasteiger charge is 2.44. The molecule has 0 aliphatic carbocycles. The van der Waals surface area contributed by atoms with E-state index in [1.54, 1.807) is 54.6 Å². The van der Waals surface area contributed by atoms with Crippen molar-refractivity contribution < 1.29 is 49.3 Å². The Labute approximate surface area is 218 Å². The van der Waals surface area contributed by atoms with Gasteiger partial charge >= 0.3 is 5.97 Å². The Kier molecular flexibility index (Phi) is 8.72. The van der Waals surface area contributed by atoms with Crippen LogP contribution in [0.3, 0.4) is 0 Å². The van der Waals surface area contributed by atoms with E-state index in [1.807, 2.05) is 0 Å². The van der Waals surface area contributed by atoms with E-state index in [0.29, 0.717) is 11.1 Å². The molecule has 0 amide bonds. The Bertz CT molecular complexity index is 1260. The van der Waals surface area contributed by atoms with Crippen LogP contribution < -0.4 is 4.74 Å². The minimum atomic E-state index is -1.65. The molecule has 10 heteroatoms. The molecule has 10 nitrogen and oxygen atoms in total. The number of carbonyl (C=O) groups is 2. The summed E-state index contributed by atoms with van der Waals surface area (Å²) in [6.07, 6.45) is -7.48. The third kappa shape index (κ3) is 6.18. The van der Waals surface area contributed by atoms with E-state index in [2.05, 4.69) is 0 Å². The monoisotopic (exact) mass is 524 g/mol. The topological polar surface area (TPSA) is 163 Å². The average molecular weight is 525 g/mol. The van der Waals surface area contributed by atoms with Gasteiger partial charge in [-0.1, -0.05) is 48.5 Å². The van der Waals surface area contributed by atoms with Crippen LogP contribution in [-0.4, -0.2) is 74.6 Å². The largest absolute Gasteiger partial charge is 0.508 e. The number of benzene rings is 3. The first kappa shape index (κ1) is 27.2. The highest BCUT2D eigenvalue weighted by Crippen LogP contribution is 2.29. The van der Waals surface area contributed by atoms with Crippen LogP contribution in [0.15, 0.2) is 72.8 Å². The molecule has 1 heterocycles. The van der Waals surface area contributed by atoms with Crippen molar-refractivity contribution in [3.05, 3.63) is 95.1 Å². The first-order chi connectivity index (χ1) is 18.3. The number of hydrogen-bond acceptors (Lipinski definition) is 10. The molecule has 3 aromatic rings. The molecule has 0 aromatic heterocycles. The second kappa shape index (κ2) is 12.2. The lowest BCUT2D eigenvalue weighted by molar-refractivity contribution is -0.277. The third-order valence-corrected chi connectivity index (χ3v) is 6.18. The maximum absolute atomic E-state index is 13.0. The second-order valence-electron chi connectivity index (χ2n) is 8.81. The maximum Gasteiger partial charge on any atom is 0.338 e. The molecule has 1 aliphatic heterocycles. The summed E-state index contributed by atoms with van der Waals surface area (Å²) in [7, 11) is 0. The molecule has 3 aromatic carbocycles. The lowest BCUT2D eigenvalue weighted by atomic mass is 9.99. The number of hydrogen-bond donors (Lipinski definition) is 5. The van der Waals surface area contributed by atoms with Crippen molar-refractivity contribution in [2.24, 2.45) is 0 Å². The minimum absolute atomic E-state index is 0.00706. The van der Waals surface area contributed by atoms with Gasteiger partial charge in [-0.15, -0.1) is 0 Å². The number of ether oxygens (including phenoxy) is 3. The number of esters is 1. The Morgan fingerprint density at radius 1 is 0.842 bits per heavy atom. The normalized spacial score (nSPS) is 23.0. The number of ketones is 1. The Hall–Kier alpha value is -3.80. The number of phenols is 1. The van der Waals surface area contributed by atoms with Gasteiger partial charge in [0.1, 0.15) is 42.5 Å². The number of aromatic hydroxyl groups is 1. The fraction of sp³-hybridized carbons (Fsp3) is 0.286. The van der Waals surface area contributed by atoms with E-state index < -0.39 is 43.3 Å². The van der Waals surface area contributed by atoms with Crippen LogP contribution in [-0.2, 0) is 22.5 Å². The number of Topliss-reactive ketones (excluding diaryl/α,β-unsaturated/α-hetero) is 1. The fourth-order valence-electron chi connectivity index (χ4n) is 4.08. The molecule has 5 N–H and O–H groups in total. The summed E-state index contributed by atoms with van der Waals surface area (Å²) < 4.78 is 16.5. The SMILES string of the molecule is O=C(Cc1ccccc1C(=O)OCc1cc(O)ccc1O[C@H]1O[C@@H](CO)[C@H](O)[C@@H](O)[C@@H]1O)c1ccccc1. The summed E-state index contributed by atoms with van der Waals surface area (Å²) in [5.74, 6) is -0.948. The third-order valence-electron chi connectivity index (χ3n) is 6.18. The number of carbonyl (C=O) groups excluding carboxylic acids is 2. The Balaban J connectivity index is 1.48. The molecule has 1 aliphatic rings. The zero-order chi connectivity index (χ0) is 27.2. The van der Waals surface area contributed by atoms with Gasteiger partial charge in [0.2, 0.25) is 6.29 Å². The van der Waals surface area contributed by atoms with Crippen LogP contribution in [0, 0.1) is 0 Å². The van der Waals surface area contributed by atoms with Gasteiger partial charge in [-0.3, -0.25) is 4.79 Å². The summed E-state index contributed by atoms with van der Waals surface area (Å²) in [5, 5.41) is 49.6. The maximum atomic E-state index is 13.0. The van der Waals surface area contributed by atoms with Crippen molar-refractivity contribution >= 4 is 11.8 Å². The number of phenolic OH excluding ortho intramolecular Hbond substituents is 1. The summed E-state index contributed by atoms with van der Waals surface area (Å²) in [4.78, 5) is 25.6. The van der Waals surface area contributed by atoms with Gasteiger partial charge in [-0.2, -0.15) is 0 Å². The number of rotatable bonds is 9. The van der Waals surface area contributed by atoms with Gasteiger partial charge < -0.3 is 39.7 Å². The minimum Gasteiger partial charge on any atom is -0.508 e. The molecule has 200 valence electrons. The molecule has 0 unspecified atom stereocenters. The van der Waals surface area contributed by atoms with Crippen molar-refractivity contribution in [2.45, 2.75) is 43.7 Å². The van der Waals surface area contributed by atoms with Crippen LogP contribution in [0.4, 0.5) is 0 Å². The first-order valence-electron chi connectivity index (χ1n) is 11.9. The van der Waals surface area contributed by atoms with Crippen molar-refractivity contribution in [3.8, 4) is 11.5 Å². The number of aliphatic hydroxyl groups is 4. The van der Waals surface area contributed by atoms with Gasteiger partial charge in [0.05, 0.1) is 12.2 Å². The van der Waals surface area contributed by atoms with Crippen LogP contribution in [0.1, 0.15) is 31.8 Å². The first-order valence-corrected chi connectivity index (χ1v) is 11.9. The molecule has 1 fully saturated rings. The predicted octanol–water partition coefficient (Wildman–Crippen LogP) is 1.35. The molecule has 0 bridgehead atoms. The van der Waals surface area contributed by atoms with E-state index in [0.717, 1.165) is 0 Å². The van der Waals surface area contributed by atoms with Gasteiger partial charge in [0.15, 0.2) is 5.78 Å². The van der Waals surface area contributed by atoms with Gasteiger partial charge in [-0.05, 0) is 29.8 Å². The fourth-order valence-corrected chi connectivity index (χ4v) is 4.08. The molecule has 1 saturated heterocycles. The van der Waals surface area contributed by atoms with E-state index in [1.165, 1.54) is 18.2 Å². The van der Waals surface area contributed by atoms with Crippen molar-refractivity contribution in [3.63, 3.8) is 0 Å². The zero-order valence-electron chi connectivity index (χ0n) is 20.2. The Morgan fingerprint density at radius 3 is 2.29 bits per heavy atom. The molecule has 4 rings (SSSR count). The zero-order valence-corrected chi connectivity index (χ0v) is 20.2. The van der Waals surface area contributed by atoms with Gasteiger partial charge in [0, 0.05) is 17.5 Å². The molecule has 0 radical (unpaired) electrons. The van der Waals surface area contributed by atoms with Crippen LogP contribution in [0.25, 0.3) is 0 Å². The van der Waals surface area contributed by atoms with Gasteiger partial charge in [0.25, 0.3) is 0 Å². The molecular formula is C28H28O10. The van der Waals surface area contributed by atoms with E-state index in [4.69, 9.17) is 14.2 Å². The van der Waals surface area contributed by atoms with Crippen LogP contribution >= 0.6 is 0 Å². The Morgan fingerprint density at radius 2 is 1.55 bits per heavy atom. The predicted molar refractivity (Wildman–Crippen MR) is 133 cm³/mol.